The fourth-order valence-corrected chi connectivity index (χ4v) is 2.54. The molecule has 0 unspecified atom stereocenters. The first-order valence-electron chi connectivity index (χ1n) is 7.53. The second kappa shape index (κ2) is 6.35. The number of hydrogen-bond acceptors (Lipinski definition) is 4. The lowest BCUT2D eigenvalue weighted by Crippen LogP contribution is -2.09. The summed E-state index contributed by atoms with van der Waals surface area (Å²) in [6, 6.07) is 11.2. The second-order valence-corrected chi connectivity index (χ2v) is 5.52. The summed E-state index contributed by atoms with van der Waals surface area (Å²) in [6.45, 7) is 3.52. The topological polar surface area (TPSA) is 48.7 Å². The molecule has 0 aliphatic carbocycles. The van der Waals surface area contributed by atoms with Crippen LogP contribution < -0.4 is 4.74 Å². The Kier molecular flexibility index (Phi) is 4.25. The van der Waals surface area contributed by atoms with Crippen molar-refractivity contribution in [2.45, 2.75) is 20.0 Å². The second-order valence-electron chi connectivity index (χ2n) is 5.52. The summed E-state index contributed by atoms with van der Waals surface area (Å²) >= 11 is 0. The molecule has 0 radical (unpaired) electrons. The van der Waals surface area contributed by atoms with Gasteiger partial charge in [-0.3, -0.25) is 0 Å². The molecule has 0 bridgehead atoms. The first-order chi connectivity index (χ1) is 11.5. The van der Waals surface area contributed by atoms with Gasteiger partial charge in [-0.25, -0.2) is 9.18 Å². The largest absolute Gasteiger partial charge is 0.497 e. The minimum Gasteiger partial charge on any atom is -0.497 e. The molecule has 1 heterocycles. The molecule has 0 amide bonds. The summed E-state index contributed by atoms with van der Waals surface area (Å²) in [5.74, 6) is -0.0444. The number of rotatable bonds is 4. The molecule has 3 rings (SSSR count). The van der Waals surface area contributed by atoms with E-state index in [4.69, 9.17) is 13.9 Å². The highest BCUT2D eigenvalue weighted by molar-refractivity contribution is 5.96. The average molecular weight is 328 g/mol. The number of aryl methyl sites for hydroxylation is 1. The number of hydrogen-bond donors (Lipinski definition) is 0. The van der Waals surface area contributed by atoms with E-state index in [1.165, 1.54) is 12.1 Å². The Balaban J connectivity index is 1.85. The molecule has 1 aromatic heterocycles. The molecule has 0 saturated heterocycles. The normalized spacial score (nSPS) is 12.2. The first-order valence-corrected chi connectivity index (χ1v) is 7.53. The van der Waals surface area contributed by atoms with Gasteiger partial charge in [0.15, 0.2) is 0 Å². The van der Waals surface area contributed by atoms with Gasteiger partial charge in [-0.05, 0) is 49.7 Å². The van der Waals surface area contributed by atoms with Crippen molar-refractivity contribution in [2.75, 3.05) is 7.11 Å². The van der Waals surface area contributed by atoms with Crippen molar-refractivity contribution in [3.63, 3.8) is 0 Å². The van der Waals surface area contributed by atoms with Crippen LogP contribution in [0.2, 0.25) is 0 Å². The van der Waals surface area contributed by atoms with Crippen molar-refractivity contribution in [1.82, 2.24) is 0 Å². The number of methoxy groups -OCH3 is 1. The van der Waals surface area contributed by atoms with E-state index in [0.29, 0.717) is 22.5 Å². The van der Waals surface area contributed by atoms with E-state index >= 15 is 0 Å². The van der Waals surface area contributed by atoms with Gasteiger partial charge in [-0.2, -0.15) is 0 Å². The summed E-state index contributed by atoms with van der Waals surface area (Å²) in [5, 5.41) is 0.802. The first kappa shape index (κ1) is 16.1. The molecule has 24 heavy (non-hydrogen) atoms. The zero-order valence-corrected chi connectivity index (χ0v) is 13.6. The summed E-state index contributed by atoms with van der Waals surface area (Å²) in [4.78, 5) is 12.4. The Hall–Kier alpha value is -2.82. The minimum atomic E-state index is -0.556. The summed E-state index contributed by atoms with van der Waals surface area (Å²) in [6.07, 6.45) is -0.514. The molecule has 5 heteroatoms. The third-order valence-electron chi connectivity index (χ3n) is 3.95. The highest BCUT2D eigenvalue weighted by Gasteiger charge is 2.22. The van der Waals surface area contributed by atoms with Crippen molar-refractivity contribution >= 4 is 16.9 Å². The van der Waals surface area contributed by atoms with Gasteiger partial charge in [0, 0.05) is 10.9 Å². The van der Waals surface area contributed by atoms with E-state index in [0.717, 1.165) is 5.39 Å². The van der Waals surface area contributed by atoms with E-state index in [9.17, 15) is 9.18 Å². The molecule has 0 aliphatic heterocycles. The number of carbonyl (C=O) groups is 1. The van der Waals surface area contributed by atoms with Crippen molar-refractivity contribution in [3.8, 4) is 5.75 Å². The molecule has 0 aliphatic rings. The zero-order valence-electron chi connectivity index (χ0n) is 13.6. The van der Waals surface area contributed by atoms with Gasteiger partial charge >= 0.3 is 5.97 Å². The van der Waals surface area contributed by atoms with Crippen LogP contribution in [0.3, 0.4) is 0 Å². The lowest BCUT2D eigenvalue weighted by molar-refractivity contribution is 0.0303. The fourth-order valence-electron chi connectivity index (χ4n) is 2.54. The number of esters is 1. The van der Waals surface area contributed by atoms with Gasteiger partial charge in [0.05, 0.1) is 7.11 Å². The predicted molar refractivity (Wildman–Crippen MR) is 87.7 cm³/mol. The maximum absolute atomic E-state index is 13.0. The standard InChI is InChI=1S/C19H17FO4/c1-11-16-10-15(22-3)8-9-17(16)24-18(11)19(21)23-12(2)13-4-6-14(20)7-5-13/h4-10,12H,1-3H3/t12-/m0/s1. The third-order valence-corrected chi connectivity index (χ3v) is 3.95. The van der Waals surface area contributed by atoms with Gasteiger partial charge in [0.1, 0.15) is 23.3 Å². The van der Waals surface area contributed by atoms with Crippen LogP contribution in [0, 0.1) is 12.7 Å². The van der Waals surface area contributed by atoms with Crippen molar-refractivity contribution in [3.05, 3.63) is 65.2 Å². The molecule has 1 atom stereocenters. The van der Waals surface area contributed by atoms with E-state index in [1.807, 2.05) is 6.07 Å². The van der Waals surface area contributed by atoms with Gasteiger partial charge in [0.25, 0.3) is 0 Å². The number of ether oxygens (including phenoxy) is 2. The smallest absolute Gasteiger partial charge is 0.375 e. The third kappa shape index (κ3) is 2.97. The highest BCUT2D eigenvalue weighted by atomic mass is 19.1. The van der Waals surface area contributed by atoms with Crippen molar-refractivity contribution in [2.24, 2.45) is 0 Å². The predicted octanol–water partition coefficient (Wildman–Crippen LogP) is 4.81. The summed E-state index contributed by atoms with van der Waals surface area (Å²) < 4.78 is 29.2. The highest BCUT2D eigenvalue weighted by Crippen LogP contribution is 2.30. The van der Waals surface area contributed by atoms with Crippen LogP contribution in [-0.4, -0.2) is 13.1 Å². The van der Waals surface area contributed by atoms with Crippen LogP contribution in [0.25, 0.3) is 11.0 Å². The molecule has 124 valence electrons. The molecule has 2 aromatic carbocycles. The van der Waals surface area contributed by atoms with Crippen LogP contribution in [0.5, 0.6) is 5.75 Å². The summed E-state index contributed by atoms with van der Waals surface area (Å²) in [7, 11) is 1.58. The number of carbonyl (C=O) groups excluding carboxylic acids is 1. The average Bonchev–Trinajstić information content (AvgIpc) is 2.91. The monoisotopic (exact) mass is 328 g/mol. The number of fused-ring (bicyclic) bond motifs is 1. The molecule has 0 fully saturated rings. The van der Waals surface area contributed by atoms with E-state index < -0.39 is 12.1 Å². The minimum absolute atomic E-state index is 0.159. The maximum atomic E-state index is 13.0. The Labute approximate surface area is 138 Å². The van der Waals surface area contributed by atoms with Crippen LogP contribution in [0.15, 0.2) is 46.9 Å². The van der Waals surface area contributed by atoms with Crippen molar-refractivity contribution in [1.29, 1.82) is 0 Å². The van der Waals surface area contributed by atoms with Crippen molar-refractivity contribution < 1.29 is 23.1 Å². The zero-order chi connectivity index (χ0) is 17.3. The lowest BCUT2D eigenvalue weighted by Gasteiger charge is -2.12. The van der Waals surface area contributed by atoms with E-state index in [2.05, 4.69) is 0 Å². The van der Waals surface area contributed by atoms with Gasteiger partial charge < -0.3 is 13.9 Å². The van der Waals surface area contributed by atoms with Crippen LogP contribution in [-0.2, 0) is 4.74 Å². The maximum Gasteiger partial charge on any atom is 0.375 e. The number of halogens is 1. The van der Waals surface area contributed by atoms with Crippen LogP contribution >= 0.6 is 0 Å². The SMILES string of the molecule is COc1ccc2oc(C(=O)O[C@@H](C)c3ccc(F)cc3)c(C)c2c1. The molecule has 0 N–H and O–H groups in total. The molecule has 0 saturated carbocycles. The van der Waals surface area contributed by atoms with Crippen LogP contribution in [0.4, 0.5) is 4.39 Å². The Morgan fingerprint density at radius 2 is 1.88 bits per heavy atom. The van der Waals surface area contributed by atoms with Gasteiger partial charge in [-0.1, -0.05) is 12.1 Å². The number of benzene rings is 2. The molecular formula is C19H17FO4. The molecule has 0 spiro atoms. The van der Waals surface area contributed by atoms with Crippen LogP contribution in [0.1, 0.15) is 34.7 Å². The van der Waals surface area contributed by atoms with Gasteiger partial charge in [0.2, 0.25) is 5.76 Å². The fraction of sp³-hybridized carbons (Fsp3) is 0.211. The van der Waals surface area contributed by atoms with Gasteiger partial charge in [-0.15, -0.1) is 0 Å². The molecule has 3 aromatic rings. The Morgan fingerprint density at radius 3 is 2.54 bits per heavy atom. The molecular weight excluding hydrogens is 311 g/mol. The quantitative estimate of drug-likeness (QED) is 0.645. The molecule has 4 nitrogen and oxygen atoms in total. The van der Waals surface area contributed by atoms with E-state index in [-0.39, 0.29) is 11.6 Å². The number of furan rings is 1. The van der Waals surface area contributed by atoms with E-state index in [1.54, 1.807) is 45.2 Å². The Morgan fingerprint density at radius 1 is 1.17 bits per heavy atom. The Bertz CT molecular complexity index is 880. The lowest BCUT2D eigenvalue weighted by atomic mass is 10.1. The summed E-state index contributed by atoms with van der Waals surface area (Å²) in [5.41, 5.74) is 2.00.